The summed E-state index contributed by atoms with van der Waals surface area (Å²) in [5, 5.41) is 3.49. The lowest BCUT2D eigenvalue weighted by Crippen LogP contribution is -2.27. The first-order valence-electron chi connectivity index (χ1n) is 6.87. The summed E-state index contributed by atoms with van der Waals surface area (Å²) >= 11 is 0. The molecule has 98 valence electrons. The summed E-state index contributed by atoms with van der Waals surface area (Å²) in [6.07, 6.45) is 1.22. The van der Waals surface area contributed by atoms with Crippen LogP contribution in [0, 0.1) is 0 Å². The molecule has 0 fully saturated rings. The molecule has 1 atom stereocenters. The van der Waals surface area contributed by atoms with Gasteiger partial charge in [-0.05, 0) is 23.1 Å². The van der Waals surface area contributed by atoms with Gasteiger partial charge in [-0.3, -0.25) is 0 Å². The molecule has 1 heterocycles. The number of nitrogens with one attached hydrogen (secondary N) is 1. The van der Waals surface area contributed by atoms with Crippen LogP contribution in [0.1, 0.15) is 22.8 Å². The molecule has 2 heteroatoms. The van der Waals surface area contributed by atoms with Crippen molar-refractivity contribution in [3.8, 4) is 0 Å². The maximum absolute atomic E-state index is 5.88. The Hall–Kier alpha value is -1.64. The molecule has 19 heavy (non-hydrogen) atoms. The van der Waals surface area contributed by atoms with Gasteiger partial charge in [0.1, 0.15) is 0 Å². The first kappa shape index (κ1) is 12.4. The Labute approximate surface area is 114 Å². The third-order valence-corrected chi connectivity index (χ3v) is 3.59. The van der Waals surface area contributed by atoms with Crippen molar-refractivity contribution in [3.05, 3.63) is 71.3 Å². The molecule has 0 aromatic heterocycles. The van der Waals surface area contributed by atoms with Crippen LogP contribution >= 0.6 is 0 Å². The summed E-state index contributed by atoms with van der Waals surface area (Å²) in [5.41, 5.74) is 4.08. The minimum atomic E-state index is 0.189. The Balaban J connectivity index is 1.59. The monoisotopic (exact) mass is 253 g/mol. The van der Waals surface area contributed by atoms with Crippen LogP contribution in [0.5, 0.6) is 0 Å². The lowest BCUT2D eigenvalue weighted by atomic mass is 9.97. The van der Waals surface area contributed by atoms with Gasteiger partial charge in [0.15, 0.2) is 0 Å². The molecule has 0 saturated carbocycles. The molecule has 1 aliphatic rings. The molecule has 0 saturated heterocycles. The molecular weight excluding hydrogens is 234 g/mol. The van der Waals surface area contributed by atoms with Gasteiger partial charge < -0.3 is 10.1 Å². The lowest BCUT2D eigenvalue weighted by Gasteiger charge is -2.26. The summed E-state index contributed by atoms with van der Waals surface area (Å²) in [4.78, 5) is 0. The summed E-state index contributed by atoms with van der Waals surface area (Å²) in [6.45, 7) is 2.59. The third-order valence-electron chi connectivity index (χ3n) is 3.59. The van der Waals surface area contributed by atoms with Gasteiger partial charge in [0, 0.05) is 13.1 Å². The zero-order valence-corrected chi connectivity index (χ0v) is 11.0. The number of hydrogen-bond donors (Lipinski definition) is 1. The van der Waals surface area contributed by atoms with E-state index in [1.807, 2.05) is 6.07 Å². The minimum Gasteiger partial charge on any atom is -0.372 e. The second kappa shape index (κ2) is 6.00. The van der Waals surface area contributed by atoms with Gasteiger partial charge in [-0.1, -0.05) is 54.6 Å². The van der Waals surface area contributed by atoms with Crippen molar-refractivity contribution in [1.29, 1.82) is 0 Å². The smallest absolute Gasteiger partial charge is 0.0952 e. The average Bonchev–Trinajstić information content (AvgIpc) is 2.49. The van der Waals surface area contributed by atoms with E-state index in [4.69, 9.17) is 4.74 Å². The van der Waals surface area contributed by atoms with Crippen LogP contribution in [0.25, 0.3) is 0 Å². The van der Waals surface area contributed by atoms with Crippen LogP contribution in [0.3, 0.4) is 0 Å². The second-order valence-electron chi connectivity index (χ2n) is 4.92. The van der Waals surface area contributed by atoms with Crippen molar-refractivity contribution in [1.82, 2.24) is 5.32 Å². The number of hydrogen-bond acceptors (Lipinski definition) is 2. The molecule has 0 aliphatic carbocycles. The molecular formula is C17H19NO. The fourth-order valence-electron chi connectivity index (χ4n) is 2.59. The summed E-state index contributed by atoms with van der Waals surface area (Å²) in [7, 11) is 0. The van der Waals surface area contributed by atoms with Crippen molar-refractivity contribution < 1.29 is 4.74 Å². The quantitative estimate of drug-likeness (QED) is 0.904. The largest absolute Gasteiger partial charge is 0.372 e. The third kappa shape index (κ3) is 3.03. The van der Waals surface area contributed by atoms with Crippen LogP contribution in [0.4, 0.5) is 0 Å². The Kier molecular flexibility index (Phi) is 3.92. The molecule has 0 bridgehead atoms. The molecule has 2 aromatic carbocycles. The molecule has 3 rings (SSSR count). The minimum absolute atomic E-state index is 0.189. The van der Waals surface area contributed by atoms with E-state index < -0.39 is 0 Å². The average molecular weight is 253 g/mol. The zero-order chi connectivity index (χ0) is 12.9. The number of ether oxygens (including phenoxy) is 1. The predicted octanol–water partition coefficient (Wildman–Crippen LogP) is 3.09. The van der Waals surface area contributed by atoms with Crippen LogP contribution in [0.15, 0.2) is 54.6 Å². The van der Waals surface area contributed by atoms with E-state index in [9.17, 15) is 0 Å². The van der Waals surface area contributed by atoms with Gasteiger partial charge in [-0.25, -0.2) is 0 Å². The number of rotatable bonds is 4. The molecule has 1 N–H and O–H groups in total. The fraction of sp³-hybridized carbons (Fsp3) is 0.294. The van der Waals surface area contributed by atoms with E-state index in [1.165, 1.54) is 16.7 Å². The first-order valence-corrected chi connectivity index (χ1v) is 6.87. The van der Waals surface area contributed by atoms with Crippen molar-refractivity contribution in [2.45, 2.75) is 19.1 Å². The molecule has 0 spiro atoms. The summed E-state index contributed by atoms with van der Waals surface area (Å²) in [6, 6.07) is 19.1. The van der Waals surface area contributed by atoms with Gasteiger partial charge in [0.05, 0.1) is 12.7 Å². The Morgan fingerprint density at radius 3 is 2.68 bits per heavy atom. The van der Waals surface area contributed by atoms with Crippen LogP contribution in [-0.2, 0) is 17.7 Å². The Bertz CT molecular complexity index is 524. The van der Waals surface area contributed by atoms with Gasteiger partial charge in [0.25, 0.3) is 0 Å². The topological polar surface area (TPSA) is 21.3 Å². The number of fused-ring (bicyclic) bond motifs is 1. The maximum Gasteiger partial charge on any atom is 0.0952 e. The standard InChI is InChI=1S/C17H19NO/c1-2-6-14(7-3-1)12-18-13-17-16-9-5-4-8-15(16)10-11-19-17/h1-9,17-18H,10-13H2/t17-/m1/s1. The van der Waals surface area contributed by atoms with E-state index in [1.54, 1.807) is 0 Å². The van der Waals surface area contributed by atoms with E-state index in [0.29, 0.717) is 0 Å². The lowest BCUT2D eigenvalue weighted by molar-refractivity contribution is 0.0423. The highest BCUT2D eigenvalue weighted by Gasteiger charge is 2.19. The summed E-state index contributed by atoms with van der Waals surface area (Å²) < 4.78 is 5.88. The SMILES string of the molecule is c1ccc(CNC[C@H]2OCCc3ccccc32)cc1. The van der Waals surface area contributed by atoms with Crippen LogP contribution in [0.2, 0.25) is 0 Å². The van der Waals surface area contributed by atoms with Crippen molar-refractivity contribution in [2.24, 2.45) is 0 Å². The zero-order valence-electron chi connectivity index (χ0n) is 11.0. The normalized spacial score (nSPS) is 18.0. The van der Waals surface area contributed by atoms with Crippen molar-refractivity contribution in [3.63, 3.8) is 0 Å². The maximum atomic E-state index is 5.88. The van der Waals surface area contributed by atoms with Gasteiger partial charge >= 0.3 is 0 Å². The van der Waals surface area contributed by atoms with E-state index in [2.05, 4.69) is 53.8 Å². The molecule has 2 aromatic rings. The van der Waals surface area contributed by atoms with E-state index in [-0.39, 0.29) is 6.10 Å². The van der Waals surface area contributed by atoms with Crippen molar-refractivity contribution in [2.75, 3.05) is 13.2 Å². The summed E-state index contributed by atoms with van der Waals surface area (Å²) in [5.74, 6) is 0. The van der Waals surface area contributed by atoms with Gasteiger partial charge in [0.2, 0.25) is 0 Å². The van der Waals surface area contributed by atoms with E-state index in [0.717, 1.165) is 26.1 Å². The first-order chi connectivity index (χ1) is 9.43. The van der Waals surface area contributed by atoms with Crippen LogP contribution in [-0.4, -0.2) is 13.2 Å². The van der Waals surface area contributed by atoms with Crippen LogP contribution < -0.4 is 5.32 Å². The molecule has 0 radical (unpaired) electrons. The second-order valence-corrected chi connectivity index (χ2v) is 4.92. The molecule has 1 aliphatic heterocycles. The highest BCUT2D eigenvalue weighted by atomic mass is 16.5. The van der Waals surface area contributed by atoms with Crippen molar-refractivity contribution >= 4 is 0 Å². The van der Waals surface area contributed by atoms with Gasteiger partial charge in [-0.15, -0.1) is 0 Å². The molecule has 0 amide bonds. The predicted molar refractivity (Wildman–Crippen MR) is 77.0 cm³/mol. The Morgan fingerprint density at radius 1 is 1.00 bits per heavy atom. The van der Waals surface area contributed by atoms with E-state index >= 15 is 0 Å². The number of benzene rings is 2. The highest BCUT2D eigenvalue weighted by Crippen LogP contribution is 2.26. The fourth-order valence-corrected chi connectivity index (χ4v) is 2.59. The molecule has 0 unspecified atom stereocenters. The Morgan fingerprint density at radius 2 is 1.79 bits per heavy atom. The molecule has 2 nitrogen and oxygen atoms in total. The highest BCUT2D eigenvalue weighted by molar-refractivity contribution is 5.31. The van der Waals surface area contributed by atoms with Gasteiger partial charge in [-0.2, -0.15) is 0 Å².